The Hall–Kier alpha value is -5.70. The van der Waals surface area contributed by atoms with Crippen LogP contribution in [0, 0.1) is 13.8 Å². The zero-order valence-corrected chi connectivity index (χ0v) is 24.1. The molecule has 9 heteroatoms. The van der Waals surface area contributed by atoms with Gasteiger partial charge in [-0.15, -0.1) is 0 Å². The lowest BCUT2D eigenvalue weighted by molar-refractivity contribution is -0.132. The molecule has 0 spiro atoms. The van der Waals surface area contributed by atoms with Crippen LogP contribution in [-0.2, 0) is 4.79 Å². The maximum atomic E-state index is 13.4. The van der Waals surface area contributed by atoms with E-state index >= 15 is 0 Å². The van der Waals surface area contributed by atoms with Gasteiger partial charge in [0.05, 0.1) is 18.9 Å². The number of esters is 2. The van der Waals surface area contributed by atoms with Crippen LogP contribution in [0.2, 0.25) is 0 Å². The predicted molar refractivity (Wildman–Crippen MR) is 164 cm³/mol. The number of fused-ring (bicyclic) bond motifs is 1. The lowest BCUT2D eigenvalue weighted by Gasteiger charge is -2.11. The van der Waals surface area contributed by atoms with E-state index in [9.17, 15) is 14.4 Å². The number of para-hydroxylation sites is 1. The SMILES string of the molecule is COc1cc(C(=O)Oc2ccccc2C=NNC(=O)c2[nH]c3c(C)cc(C)cc3c2-c2ccccc2)ccc1OC(C)=O. The van der Waals surface area contributed by atoms with E-state index in [0.29, 0.717) is 11.3 Å². The van der Waals surface area contributed by atoms with Gasteiger partial charge in [0.25, 0.3) is 5.91 Å². The summed E-state index contributed by atoms with van der Waals surface area (Å²) in [6.45, 7) is 5.30. The number of amides is 1. The van der Waals surface area contributed by atoms with Gasteiger partial charge in [0.15, 0.2) is 11.5 Å². The molecule has 0 unspecified atom stereocenters. The molecule has 216 valence electrons. The van der Waals surface area contributed by atoms with Gasteiger partial charge in [0.2, 0.25) is 0 Å². The zero-order chi connectivity index (χ0) is 30.5. The van der Waals surface area contributed by atoms with E-state index in [0.717, 1.165) is 33.2 Å². The van der Waals surface area contributed by atoms with Crippen molar-refractivity contribution in [1.29, 1.82) is 0 Å². The number of carbonyl (C=O) groups excluding carboxylic acids is 3. The number of hydrogen-bond acceptors (Lipinski definition) is 7. The van der Waals surface area contributed by atoms with Crippen LogP contribution >= 0.6 is 0 Å². The van der Waals surface area contributed by atoms with E-state index in [1.165, 1.54) is 38.4 Å². The second-order valence-electron chi connectivity index (χ2n) is 9.83. The van der Waals surface area contributed by atoms with Crippen molar-refractivity contribution in [1.82, 2.24) is 10.4 Å². The zero-order valence-electron chi connectivity index (χ0n) is 24.1. The first-order valence-corrected chi connectivity index (χ1v) is 13.4. The molecule has 0 atom stereocenters. The third-order valence-electron chi connectivity index (χ3n) is 6.68. The number of ether oxygens (including phenoxy) is 3. The van der Waals surface area contributed by atoms with Gasteiger partial charge in [0.1, 0.15) is 11.4 Å². The summed E-state index contributed by atoms with van der Waals surface area (Å²) in [5, 5.41) is 5.12. The average molecular weight is 576 g/mol. The smallest absolute Gasteiger partial charge is 0.343 e. The molecule has 0 bridgehead atoms. The third kappa shape index (κ3) is 6.31. The van der Waals surface area contributed by atoms with Gasteiger partial charge in [-0.2, -0.15) is 5.10 Å². The molecule has 1 amide bonds. The molecule has 0 fully saturated rings. The van der Waals surface area contributed by atoms with E-state index in [2.05, 4.69) is 27.6 Å². The van der Waals surface area contributed by atoms with Gasteiger partial charge in [-0.05, 0) is 61.4 Å². The number of H-pyrrole nitrogens is 1. The van der Waals surface area contributed by atoms with Gasteiger partial charge in [-0.25, -0.2) is 10.2 Å². The molecule has 0 aliphatic carbocycles. The first-order valence-electron chi connectivity index (χ1n) is 13.4. The van der Waals surface area contributed by atoms with E-state index < -0.39 is 17.8 Å². The largest absolute Gasteiger partial charge is 0.493 e. The Labute approximate surface area is 248 Å². The summed E-state index contributed by atoms with van der Waals surface area (Å²) < 4.78 is 16.0. The maximum absolute atomic E-state index is 13.4. The van der Waals surface area contributed by atoms with Crippen molar-refractivity contribution < 1.29 is 28.6 Å². The number of rotatable bonds is 8. The Morgan fingerprint density at radius 3 is 2.33 bits per heavy atom. The Balaban J connectivity index is 1.37. The van der Waals surface area contributed by atoms with Crippen molar-refractivity contribution in [3.8, 4) is 28.4 Å². The fourth-order valence-corrected chi connectivity index (χ4v) is 4.82. The highest BCUT2D eigenvalue weighted by molar-refractivity contribution is 6.10. The molecule has 1 aromatic heterocycles. The summed E-state index contributed by atoms with van der Waals surface area (Å²) in [6.07, 6.45) is 1.41. The van der Waals surface area contributed by atoms with Crippen molar-refractivity contribution in [2.45, 2.75) is 20.8 Å². The summed E-state index contributed by atoms with van der Waals surface area (Å²) in [5.41, 5.74) is 8.34. The highest BCUT2D eigenvalue weighted by Crippen LogP contribution is 2.35. The second-order valence-corrected chi connectivity index (χ2v) is 9.83. The van der Waals surface area contributed by atoms with Crippen molar-refractivity contribution in [2.75, 3.05) is 7.11 Å². The molecule has 9 nitrogen and oxygen atoms in total. The van der Waals surface area contributed by atoms with E-state index in [4.69, 9.17) is 14.2 Å². The first kappa shape index (κ1) is 28.8. The Bertz CT molecular complexity index is 1870. The number of benzene rings is 4. The van der Waals surface area contributed by atoms with Crippen LogP contribution in [0.15, 0.2) is 90.0 Å². The highest BCUT2D eigenvalue weighted by Gasteiger charge is 2.21. The molecule has 0 saturated carbocycles. The fourth-order valence-electron chi connectivity index (χ4n) is 4.82. The van der Waals surface area contributed by atoms with Gasteiger partial charge < -0.3 is 19.2 Å². The topological polar surface area (TPSA) is 119 Å². The number of aromatic nitrogens is 1. The number of carbonyl (C=O) groups is 3. The number of aryl methyl sites for hydroxylation is 2. The van der Waals surface area contributed by atoms with Crippen LogP contribution in [0.3, 0.4) is 0 Å². The maximum Gasteiger partial charge on any atom is 0.343 e. The molecular weight excluding hydrogens is 546 g/mol. The molecular formula is C34H29N3O6. The van der Waals surface area contributed by atoms with Crippen LogP contribution in [0.4, 0.5) is 0 Å². The summed E-state index contributed by atoms with van der Waals surface area (Å²) >= 11 is 0. The van der Waals surface area contributed by atoms with Crippen LogP contribution in [0.5, 0.6) is 17.2 Å². The minimum absolute atomic E-state index is 0.186. The second kappa shape index (κ2) is 12.4. The molecule has 0 aliphatic rings. The van der Waals surface area contributed by atoms with Gasteiger partial charge >= 0.3 is 11.9 Å². The van der Waals surface area contributed by atoms with Crippen molar-refractivity contribution in [3.05, 3.63) is 113 Å². The first-order chi connectivity index (χ1) is 20.7. The number of nitrogens with zero attached hydrogens (tertiary/aromatic N) is 1. The minimum Gasteiger partial charge on any atom is -0.493 e. The van der Waals surface area contributed by atoms with E-state index in [-0.39, 0.29) is 22.8 Å². The standard InChI is InChI=1S/C34H29N3O6/c1-20-16-21(2)31-26(17-20)30(23-10-6-5-7-11-23)32(36-31)33(39)37-35-19-25-12-8-9-13-27(25)43-34(40)24-14-15-28(42-22(3)38)29(18-24)41-4/h5-19,36H,1-4H3,(H,37,39). The summed E-state index contributed by atoms with van der Waals surface area (Å²) in [5.74, 6) is -0.966. The van der Waals surface area contributed by atoms with Gasteiger partial charge in [-0.1, -0.05) is 54.1 Å². The molecule has 5 aromatic rings. The van der Waals surface area contributed by atoms with Crippen molar-refractivity contribution >= 4 is 35.0 Å². The molecule has 1 heterocycles. The molecule has 2 N–H and O–H groups in total. The fraction of sp³-hybridized carbons (Fsp3) is 0.118. The molecule has 0 radical (unpaired) electrons. The normalized spacial score (nSPS) is 11.0. The number of methoxy groups -OCH3 is 1. The monoisotopic (exact) mass is 575 g/mol. The molecule has 4 aromatic carbocycles. The van der Waals surface area contributed by atoms with Crippen LogP contribution < -0.4 is 19.6 Å². The Morgan fingerprint density at radius 1 is 0.837 bits per heavy atom. The number of aromatic amines is 1. The highest BCUT2D eigenvalue weighted by atomic mass is 16.6. The average Bonchev–Trinajstić information content (AvgIpc) is 3.38. The quantitative estimate of drug-likeness (QED) is 0.0961. The lowest BCUT2D eigenvalue weighted by Crippen LogP contribution is -2.19. The molecule has 0 saturated heterocycles. The van der Waals surface area contributed by atoms with Gasteiger partial charge in [0, 0.05) is 29.0 Å². The number of hydrazone groups is 1. The van der Waals surface area contributed by atoms with Gasteiger partial charge in [-0.3, -0.25) is 9.59 Å². The van der Waals surface area contributed by atoms with Crippen LogP contribution in [-0.4, -0.2) is 36.2 Å². The summed E-state index contributed by atoms with van der Waals surface area (Å²) in [6, 6.07) is 25.0. The molecule has 0 aliphatic heterocycles. The van der Waals surface area contributed by atoms with E-state index in [1.807, 2.05) is 44.2 Å². The van der Waals surface area contributed by atoms with Crippen LogP contribution in [0.1, 0.15) is 44.5 Å². The van der Waals surface area contributed by atoms with Crippen molar-refractivity contribution in [3.63, 3.8) is 0 Å². The lowest BCUT2D eigenvalue weighted by atomic mass is 9.99. The third-order valence-corrected chi connectivity index (χ3v) is 6.68. The predicted octanol–water partition coefficient (Wildman–Crippen LogP) is 6.37. The molecule has 5 rings (SSSR count). The minimum atomic E-state index is -0.659. The van der Waals surface area contributed by atoms with Crippen molar-refractivity contribution in [2.24, 2.45) is 5.10 Å². The van der Waals surface area contributed by atoms with Crippen LogP contribution in [0.25, 0.3) is 22.0 Å². The summed E-state index contributed by atoms with van der Waals surface area (Å²) in [4.78, 5) is 41.0. The van der Waals surface area contributed by atoms with E-state index in [1.54, 1.807) is 24.3 Å². The Kier molecular flexibility index (Phi) is 8.34. The number of hydrogen-bond donors (Lipinski definition) is 2. The summed E-state index contributed by atoms with van der Waals surface area (Å²) in [7, 11) is 1.40. The Morgan fingerprint density at radius 2 is 1.58 bits per heavy atom. The number of nitrogens with one attached hydrogen (secondary N) is 2. The molecule has 43 heavy (non-hydrogen) atoms.